The second kappa shape index (κ2) is 4.83. The van der Waals surface area contributed by atoms with Gasteiger partial charge in [-0.2, -0.15) is 0 Å². The number of aromatic nitrogens is 1. The predicted molar refractivity (Wildman–Crippen MR) is 78.5 cm³/mol. The van der Waals surface area contributed by atoms with Gasteiger partial charge in [-0.15, -0.1) is 11.3 Å². The Morgan fingerprint density at radius 3 is 3.05 bits per heavy atom. The molecule has 0 saturated carbocycles. The molecule has 3 heterocycles. The summed E-state index contributed by atoms with van der Waals surface area (Å²) in [5.41, 5.74) is 4.61. The van der Waals surface area contributed by atoms with Gasteiger partial charge in [-0.3, -0.25) is 0 Å². The molecule has 0 aromatic carbocycles. The number of hydrogen-bond acceptors (Lipinski definition) is 4. The Morgan fingerprint density at radius 2 is 2.26 bits per heavy atom. The average Bonchev–Trinajstić information content (AvgIpc) is 3.00. The van der Waals surface area contributed by atoms with Crippen LogP contribution < -0.4 is 0 Å². The normalized spacial score (nSPS) is 15.1. The Balaban J connectivity index is 1.88. The van der Waals surface area contributed by atoms with Crippen LogP contribution in [-0.4, -0.2) is 42.4 Å². The van der Waals surface area contributed by atoms with Crippen LogP contribution in [0.25, 0.3) is 5.69 Å². The molecule has 0 fully saturated rings. The van der Waals surface area contributed by atoms with E-state index in [-0.39, 0.29) is 0 Å². The SMILES string of the molecule is Cc1csc2c1-n1cccc1/C2=N/OCCN(C)C. The van der Waals surface area contributed by atoms with Crippen molar-refractivity contribution < 1.29 is 4.84 Å². The molecule has 3 rings (SSSR count). The Hall–Kier alpha value is -1.59. The summed E-state index contributed by atoms with van der Waals surface area (Å²) in [5.74, 6) is 0. The summed E-state index contributed by atoms with van der Waals surface area (Å²) in [6, 6.07) is 4.13. The molecular weight excluding hydrogens is 258 g/mol. The highest BCUT2D eigenvalue weighted by molar-refractivity contribution is 7.13. The van der Waals surface area contributed by atoms with E-state index >= 15 is 0 Å². The number of nitrogens with zero attached hydrogens (tertiary/aromatic N) is 3. The van der Waals surface area contributed by atoms with Crippen molar-refractivity contribution in [2.75, 3.05) is 27.2 Å². The highest BCUT2D eigenvalue weighted by Gasteiger charge is 2.28. The molecule has 0 amide bonds. The minimum atomic E-state index is 0.608. The summed E-state index contributed by atoms with van der Waals surface area (Å²) in [4.78, 5) is 8.75. The maximum Gasteiger partial charge on any atom is 0.146 e. The fraction of sp³-hybridized carbons (Fsp3) is 0.357. The quantitative estimate of drug-likeness (QED) is 0.541. The van der Waals surface area contributed by atoms with Gasteiger partial charge in [0, 0.05) is 12.7 Å². The predicted octanol–water partition coefficient (Wildman–Crippen LogP) is 2.49. The first kappa shape index (κ1) is 12.4. The van der Waals surface area contributed by atoms with Crippen molar-refractivity contribution in [3.05, 3.63) is 39.8 Å². The fourth-order valence-corrected chi connectivity index (χ4v) is 3.24. The first-order valence-electron chi connectivity index (χ1n) is 6.29. The third-order valence-corrected chi connectivity index (χ3v) is 4.27. The van der Waals surface area contributed by atoms with Gasteiger partial charge in [0.05, 0.1) is 16.3 Å². The number of oxime groups is 1. The zero-order valence-corrected chi connectivity index (χ0v) is 12.2. The van der Waals surface area contributed by atoms with Crippen molar-refractivity contribution >= 4 is 17.0 Å². The second-order valence-electron chi connectivity index (χ2n) is 4.94. The summed E-state index contributed by atoms with van der Waals surface area (Å²) >= 11 is 1.73. The van der Waals surface area contributed by atoms with E-state index in [1.54, 1.807) is 11.3 Å². The monoisotopic (exact) mass is 275 g/mol. The molecule has 4 nitrogen and oxygen atoms in total. The molecule has 100 valence electrons. The summed E-state index contributed by atoms with van der Waals surface area (Å²) in [7, 11) is 4.05. The minimum absolute atomic E-state index is 0.608. The van der Waals surface area contributed by atoms with E-state index in [4.69, 9.17) is 4.84 Å². The number of aryl methyl sites for hydroxylation is 1. The maximum absolute atomic E-state index is 5.46. The third kappa shape index (κ3) is 2.09. The number of rotatable bonds is 4. The molecule has 2 aromatic rings. The van der Waals surface area contributed by atoms with Crippen molar-refractivity contribution in [1.29, 1.82) is 0 Å². The highest BCUT2D eigenvalue weighted by atomic mass is 32.1. The highest BCUT2D eigenvalue weighted by Crippen LogP contribution is 2.35. The number of thiophene rings is 1. The first-order chi connectivity index (χ1) is 9.18. The molecule has 5 heteroatoms. The zero-order valence-electron chi connectivity index (χ0n) is 11.4. The van der Waals surface area contributed by atoms with Crippen LogP contribution in [0.4, 0.5) is 0 Å². The van der Waals surface area contributed by atoms with Crippen molar-refractivity contribution in [1.82, 2.24) is 9.47 Å². The van der Waals surface area contributed by atoms with Gasteiger partial charge >= 0.3 is 0 Å². The van der Waals surface area contributed by atoms with E-state index in [1.165, 1.54) is 16.1 Å². The Labute approximate surface area is 116 Å². The topological polar surface area (TPSA) is 29.8 Å². The van der Waals surface area contributed by atoms with Crippen LogP contribution >= 0.6 is 11.3 Å². The molecule has 1 aliphatic rings. The molecule has 0 aliphatic carbocycles. The van der Waals surface area contributed by atoms with Gasteiger partial charge in [0.2, 0.25) is 0 Å². The van der Waals surface area contributed by atoms with E-state index in [0.29, 0.717) is 6.61 Å². The lowest BCUT2D eigenvalue weighted by molar-refractivity contribution is 0.126. The number of likely N-dealkylation sites (N-methyl/N-ethyl adjacent to an activating group) is 1. The van der Waals surface area contributed by atoms with Crippen LogP contribution in [0.2, 0.25) is 0 Å². The standard InChI is InChI=1S/C14H17N3OS/c1-10-9-19-14-12(15-18-8-7-16(2)3)11-5-4-6-17(11)13(10)14/h4-6,9H,7-8H2,1-3H3/b15-12-. The van der Waals surface area contributed by atoms with Crippen LogP contribution in [0.1, 0.15) is 16.1 Å². The summed E-state index contributed by atoms with van der Waals surface area (Å²) in [6.07, 6.45) is 2.08. The van der Waals surface area contributed by atoms with Crippen molar-refractivity contribution in [3.8, 4) is 5.69 Å². The average molecular weight is 275 g/mol. The Kier molecular flexibility index (Phi) is 3.16. The Bertz CT molecular complexity index is 624. The van der Waals surface area contributed by atoms with Crippen LogP contribution in [0.5, 0.6) is 0 Å². The number of hydrogen-bond donors (Lipinski definition) is 0. The lowest BCUT2D eigenvalue weighted by Crippen LogP contribution is -2.17. The van der Waals surface area contributed by atoms with Crippen LogP contribution in [0, 0.1) is 6.92 Å². The van der Waals surface area contributed by atoms with E-state index in [9.17, 15) is 0 Å². The largest absolute Gasteiger partial charge is 0.394 e. The van der Waals surface area contributed by atoms with Crippen molar-refractivity contribution in [2.45, 2.75) is 6.92 Å². The molecule has 0 N–H and O–H groups in total. The second-order valence-corrected chi connectivity index (χ2v) is 5.82. The van der Waals surface area contributed by atoms with Gasteiger partial charge in [-0.25, -0.2) is 0 Å². The molecule has 0 unspecified atom stereocenters. The van der Waals surface area contributed by atoms with E-state index < -0.39 is 0 Å². The van der Waals surface area contributed by atoms with Gasteiger partial charge in [0.25, 0.3) is 0 Å². The van der Waals surface area contributed by atoms with Crippen LogP contribution in [0.15, 0.2) is 28.9 Å². The molecule has 1 aliphatic heterocycles. The van der Waals surface area contributed by atoms with Crippen LogP contribution in [0.3, 0.4) is 0 Å². The molecule has 0 radical (unpaired) electrons. The minimum Gasteiger partial charge on any atom is -0.394 e. The zero-order chi connectivity index (χ0) is 13.4. The first-order valence-corrected chi connectivity index (χ1v) is 7.17. The molecule has 2 aromatic heterocycles. The van der Waals surface area contributed by atoms with Crippen molar-refractivity contribution in [3.63, 3.8) is 0 Å². The lowest BCUT2D eigenvalue weighted by atomic mass is 10.2. The lowest BCUT2D eigenvalue weighted by Gasteiger charge is -2.07. The molecule has 0 saturated heterocycles. The molecule has 0 bridgehead atoms. The smallest absolute Gasteiger partial charge is 0.146 e. The van der Waals surface area contributed by atoms with Gasteiger partial charge in [0.1, 0.15) is 12.3 Å². The van der Waals surface area contributed by atoms with Gasteiger partial charge < -0.3 is 14.3 Å². The maximum atomic E-state index is 5.46. The van der Waals surface area contributed by atoms with E-state index in [2.05, 4.69) is 39.2 Å². The fourth-order valence-electron chi connectivity index (χ4n) is 2.21. The van der Waals surface area contributed by atoms with E-state index in [0.717, 1.165) is 18.0 Å². The summed E-state index contributed by atoms with van der Waals surface area (Å²) in [6.45, 7) is 3.61. The Morgan fingerprint density at radius 1 is 1.42 bits per heavy atom. The molecule has 19 heavy (non-hydrogen) atoms. The molecular formula is C14H17N3OS. The molecule has 0 spiro atoms. The molecule has 0 atom stereocenters. The number of fused-ring (bicyclic) bond motifs is 3. The van der Waals surface area contributed by atoms with Gasteiger partial charge in [0.15, 0.2) is 0 Å². The van der Waals surface area contributed by atoms with Crippen molar-refractivity contribution in [2.24, 2.45) is 5.16 Å². The van der Waals surface area contributed by atoms with Gasteiger partial charge in [-0.05, 0) is 44.1 Å². The van der Waals surface area contributed by atoms with E-state index in [1.807, 2.05) is 20.2 Å². The van der Waals surface area contributed by atoms with Gasteiger partial charge in [-0.1, -0.05) is 5.16 Å². The summed E-state index contributed by atoms with van der Waals surface area (Å²) < 4.78 is 2.19. The summed E-state index contributed by atoms with van der Waals surface area (Å²) in [5, 5.41) is 6.51. The van der Waals surface area contributed by atoms with Crippen LogP contribution in [-0.2, 0) is 4.84 Å². The third-order valence-electron chi connectivity index (χ3n) is 3.18.